The molecule has 0 bridgehead atoms. The van der Waals surface area contributed by atoms with E-state index in [1.165, 1.54) is 0 Å². The topological polar surface area (TPSA) is 60.5 Å². The van der Waals surface area contributed by atoms with Crippen molar-refractivity contribution in [3.63, 3.8) is 0 Å². The van der Waals surface area contributed by atoms with Crippen molar-refractivity contribution in [1.82, 2.24) is 4.98 Å². The van der Waals surface area contributed by atoms with E-state index in [1.807, 2.05) is 27.7 Å². The molecule has 112 valence electrons. The number of nitrogens with one attached hydrogen (secondary N) is 1. The Bertz CT molecular complexity index is 462. The number of hydrogen-bond donors (Lipinski definition) is 1. The summed E-state index contributed by atoms with van der Waals surface area (Å²) in [6.07, 6.45) is 1.49. The molecule has 0 aromatic carbocycles. The van der Waals surface area contributed by atoms with Crippen LogP contribution in [-0.2, 0) is 9.53 Å². The van der Waals surface area contributed by atoms with Crippen molar-refractivity contribution in [3.8, 4) is 5.88 Å². The molecule has 1 amide bonds. The summed E-state index contributed by atoms with van der Waals surface area (Å²) in [6.45, 7) is 8.16. The average Bonchev–Trinajstić information content (AvgIpc) is 2.46. The number of aryl methyl sites for hydroxylation is 1. The normalized spacial score (nSPS) is 13.7. The molecule has 20 heavy (non-hydrogen) atoms. The summed E-state index contributed by atoms with van der Waals surface area (Å²) in [5.74, 6) is 0.379. The van der Waals surface area contributed by atoms with Crippen LogP contribution in [0.5, 0.6) is 5.88 Å². The Kier molecular flexibility index (Phi) is 5.95. The third-order valence-electron chi connectivity index (χ3n) is 3.30. The largest absolute Gasteiger partial charge is 0.481 e. The zero-order chi connectivity index (χ0) is 15.2. The number of hydrogen-bond acceptors (Lipinski definition) is 4. The number of anilines is 1. The Morgan fingerprint density at radius 3 is 2.60 bits per heavy atom. The zero-order valence-electron chi connectivity index (χ0n) is 12.9. The van der Waals surface area contributed by atoms with Crippen LogP contribution in [0.2, 0.25) is 0 Å². The maximum Gasteiger partial charge on any atom is 0.256 e. The Hall–Kier alpha value is -1.62. The van der Waals surface area contributed by atoms with Gasteiger partial charge in [-0.05, 0) is 32.8 Å². The van der Waals surface area contributed by atoms with Gasteiger partial charge in [-0.2, -0.15) is 0 Å². The smallest absolute Gasteiger partial charge is 0.256 e. The summed E-state index contributed by atoms with van der Waals surface area (Å²) in [7, 11) is 1.56. The molecule has 0 unspecified atom stereocenters. The molecule has 0 aliphatic heterocycles. The number of pyridine rings is 1. The van der Waals surface area contributed by atoms with Crippen LogP contribution >= 0.6 is 0 Å². The summed E-state index contributed by atoms with van der Waals surface area (Å²) in [5, 5.41) is 2.88. The molecule has 0 aliphatic carbocycles. The molecular weight excluding hydrogens is 256 g/mol. The van der Waals surface area contributed by atoms with Gasteiger partial charge >= 0.3 is 0 Å². The lowest BCUT2D eigenvalue weighted by atomic mass is 10.0. The summed E-state index contributed by atoms with van der Waals surface area (Å²) < 4.78 is 10.7. The molecule has 1 heterocycles. The lowest BCUT2D eigenvalue weighted by Crippen LogP contribution is -2.42. The van der Waals surface area contributed by atoms with Crippen LogP contribution in [0.3, 0.4) is 0 Å². The predicted molar refractivity (Wildman–Crippen MR) is 79.1 cm³/mol. The van der Waals surface area contributed by atoms with E-state index in [0.717, 1.165) is 6.42 Å². The van der Waals surface area contributed by atoms with Gasteiger partial charge in [0.1, 0.15) is 5.60 Å². The van der Waals surface area contributed by atoms with Crippen molar-refractivity contribution in [3.05, 3.63) is 17.8 Å². The second-order valence-corrected chi connectivity index (χ2v) is 4.87. The molecule has 5 nitrogen and oxygen atoms in total. The Morgan fingerprint density at radius 2 is 2.10 bits per heavy atom. The van der Waals surface area contributed by atoms with Crippen molar-refractivity contribution < 1.29 is 14.3 Å². The highest BCUT2D eigenvalue weighted by atomic mass is 16.5. The first-order valence-corrected chi connectivity index (χ1v) is 6.93. The fraction of sp³-hybridized carbons (Fsp3) is 0.600. The van der Waals surface area contributed by atoms with Gasteiger partial charge in [0.25, 0.3) is 5.91 Å². The highest BCUT2D eigenvalue weighted by Crippen LogP contribution is 2.22. The van der Waals surface area contributed by atoms with Gasteiger partial charge < -0.3 is 14.8 Å². The quantitative estimate of drug-likeness (QED) is 0.834. The summed E-state index contributed by atoms with van der Waals surface area (Å²) in [5.41, 5.74) is 0.574. The highest BCUT2D eigenvalue weighted by Gasteiger charge is 2.32. The van der Waals surface area contributed by atoms with Crippen LogP contribution in [0, 0.1) is 6.92 Å². The number of carbonyl (C=O) groups excluding carboxylic acids is 1. The first kappa shape index (κ1) is 16.4. The average molecular weight is 280 g/mol. The minimum absolute atomic E-state index is 0.150. The minimum atomic E-state index is -0.817. The van der Waals surface area contributed by atoms with E-state index in [2.05, 4.69) is 10.3 Å². The van der Waals surface area contributed by atoms with E-state index in [4.69, 9.17) is 9.47 Å². The van der Waals surface area contributed by atoms with Crippen LogP contribution in [0.25, 0.3) is 0 Å². The Morgan fingerprint density at radius 1 is 1.40 bits per heavy atom. The lowest BCUT2D eigenvalue weighted by molar-refractivity contribution is -0.139. The molecule has 1 aromatic rings. The van der Waals surface area contributed by atoms with Gasteiger partial charge in [0.2, 0.25) is 5.88 Å². The van der Waals surface area contributed by atoms with Crippen molar-refractivity contribution in [2.24, 2.45) is 0 Å². The van der Waals surface area contributed by atoms with Gasteiger partial charge in [-0.1, -0.05) is 13.8 Å². The van der Waals surface area contributed by atoms with E-state index >= 15 is 0 Å². The Balaban J connectivity index is 2.83. The number of nitrogens with zero attached hydrogens (tertiary/aromatic N) is 1. The number of ether oxygens (including phenoxy) is 2. The molecule has 0 radical (unpaired) electrons. The standard InChI is InChI=1S/C15H24N2O3/c1-6-10-20-15(4,7-2)14(18)17-12-8-9-13(19-5)16-11(12)3/h8-9H,6-7,10H2,1-5H3,(H,17,18)/t15-/m0/s1. The summed E-state index contributed by atoms with van der Waals surface area (Å²) in [6, 6.07) is 3.51. The fourth-order valence-corrected chi connectivity index (χ4v) is 1.69. The van der Waals surface area contributed by atoms with E-state index in [-0.39, 0.29) is 5.91 Å². The predicted octanol–water partition coefficient (Wildman–Crippen LogP) is 2.93. The second kappa shape index (κ2) is 7.24. The zero-order valence-corrected chi connectivity index (χ0v) is 12.9. The number of rotatable bonds is 7. The molecule has 1 aromatic heterocycles. The number of amides is 1. The summed E-state index contributed by atoms with van der Waals surface area (Å²) >= 11 is 0. The molecule has 0 fully saturated rings. The van der Waals surface area contributed by atoms with Crippen LogP contribution in [0.1, 0.15) is 39.3 Å². The first-order valence-electron chi connectivity index (χ1n) is 6.93. The molecule has 1 N–H and O–H groups in total. The van der Waals surface area contributed by atoms with Gasteiger partial charge in [-0.25, -0.2) is 4.98 Å². The molecule has 0 aliphatic rings. The summed E-state index contributed by atoms with van der Waals surface area (Å²) in [4.78, 5) is 16.6. The number of methoxy groups -OCH3 is 1. The Labute approximate surface area is 120 Å². The fourth-order valence-electron chi connectivity index (χ4n) is 1.69. The maximum atomic E-state index is 12.4. The SMILES string of the molecule is CCCO[C@@](C)(CC)C(=O)Nc1ccc(OC)nc1C. The van der Waals surface area contributed by atoms with Gasteiger partial charge in [-0.15, -0.1) is 0 Å². The maximum absolute atomic E-state index is 12.4. The van der Waals surface area contributed by atoms with E-state index in [9.17, 15) is 4.79 Å². The van der Waals surface area contributed by atoms with E-state index < -0.39 is 5.60 Å². The molecule has 0 saturated heterocycles. The van der Waals surface area contributed by atoms with Gasteiger partial charge in [0.15, 0.2) is 0 Å². The van der Waals surface area contributed by atoms with Crippen molar-refractivity contribution >= 4 is 11.6 Å². The van der Waals surface area contributed by atoms with Crippen molar-refractivity contribution in [1.29, 1.82) is 0 Å². The second-order valence-electron chi connectivity index (χ2n) is 4.87. The molecular formula is C15H24N2O3. The number of aromatic nitrogens is 1. The molecule has 1 rings (SSSR count). The minimum Gasteiger partial charge on any atom is -0.481 e. The lowest BCUT2D eigenvalue weighted by Gasteiger charge is -2.27. The van der Waals surface area contributed by atoms with Crippen molar-refractivity contribution in [2.45, 2.75) is 46.1 Å². The molecule has 0 spiro atoms. The molecule has 1 atom stereocenters. The van der Waals surface area contributed by atoms with Crippen LogP contribution in [0.4, 0.5) is 5.69 Å². The first-order chi connectivity index (χ1) is 9.46. The monoisotopic (exact) mass is 280 g/mol. The third kappa shape index (κ3) is 3.93. The van der Waals surface area contributed by atoms with Gasteiger partial charge in [0.05, 0.1) is 18.5 Å². The van der Waals surface area contributed by atoms with Crippen LogP contribution in [-0.4, -0.2) is 30.2 Å². The third-order valence-corrected chi connectivity index (χ3v) is 3.30. The van der Waals surface area contributed by atoms with Crippen LogP contribution in [0.15, 0.2) is 12.1 Å². The highest BCUT2D eigenvalue weighted by molar-refractivity contribution is 5.97. The number of carbonyl (C=O) groups is 1. The van der Waals surface area contributed by atoms with E-state index in [1.54, 1.807) is 19.2 Å². The van der Waals surface area contributed by atoms with Crippen LogP contribution < -0.4 is 10.1 Å². The molecule has 0 saturated carbocycles. The van der Waals surface area contributed by atoms with Gasteiger partial charge in [-0.3, -0.25) is 4.79 Å². The van der Waals surface area contributed by atoms with E-state index in [0.29, 0.717) is 30.3 Å². The van der Waals surface area contributed by atoms with Gasteiger partial charge in [0, 0.05) is 12.7 Å². The van der Waals surface area contributed by atoms with Crippen molar-refractivity contribution in [2.75, 3.05) is 19.0 Å². The molecule has 5 heteroatoms.